The second-order valence-corrected chi connectivity index (χ2v) is 7.86. The number of amides is 1. The van der Waals surface area contributed by atoms with Gasteiger partial charge in [0.2, 0.25) is 0 Å². The molecule has 0 atom stereocenters. The number of nitrogens with one attached hydrogen (secondary N) is 1. The van der Waals surface area contributed by atoms with E-state index in [9.17, 15) is 4.79 Å². The lowest BCUT2D eigenvalue weighted by atomic mass is 10.1. The first-order valence-electron chi connectivity index (χ1n) is 9.33. The second-order valence-electron chi connectivity index (χ2n) is 7.08. The summed E-state index contributed by atoms with van der Waals surface area (Å²) in [6, 6.07) is 8.16. The smallest absolute Gasteiger partial charge is 0.291 e. The number of furan rings is 1. The molecule has 0 saturated carbocycles. The summed E-state index contributed by atoms with van der Waals surface area (Å²) >= 11 is 3.31. The Labute approximate surface area is 162 Å². The van der Waals surface area contributed by atoms with E-state index in [4.69, 9.17) is 4.42 Å². The minimum atomic E-state index is -0.194. The lowest BCUT2D eigenvalue weighted by molar-refractivity contribution is 0.0994. The van der Waals surface area contributed by atoms with Gasteiger partial charge in [-0.25, -0.2) is 0 Å². The van der Waals surface area contributed by atoms with Crippen LogP contribution in [-0.4, -0.2) is 32.1 Å². The minimum absolute atomic E-state index is 0.194. The number of rotatable bonds is 4. The van der Waals surface area contributed by atoms with Crippen molar-refractivity contribution in [3.63, 3.8) is 0 Å². The molecule has 1 N–H and O–H groups in total. The summed E-state index contributed by atoms with van der Waals surface area (Å²) in [7, 11) is 0. The van der Waals surface area contributed by atoms with Crippen molar-refractivity contribution in [3.8, 4) is 0 Å². The maximum Gasteiger partial charge on any atom is 0.291 e. The quantitative estimate of drug-likeness (QED) is 0.775. The highest BCUT2D eigenvalue weighted by atomic mass is 79.9. The fourth-order valence-corrected chi connectivity index (χ4v) is 4.44. The molecule has 3 heterocycles. The molecule has 2 aliphatic rings. The average molecular weight is 418 g/mol. The van der Waals surface area contributed by atoms with Crippen LogP contribution in [0.2, 0.25) is 0 Å². The molecular weight excluding hydrogens is 394 g/mol. The molecule has 6 heteroatoms. The van der Waals surface area contributed by atoms with Gasteiger partial charge in [-0.15, -0.1) is 0 Å². The first-order valence-corrected chi connectivity index (χ1v) is 10.1. The molecule has 2 aliphatic heterocycles. The molecule has 0 aliphatic carbocycles. The molecule has 0 spiro atoms. The fraction of sp³-hybridized carbons (Fsp3) is 0.450. The predicted molar refractivity (Wildman–Crippen MR) is 108 cm³/mol. The molecule has 2 aromatic rings. The van der Waals surface area contributed by atoms with Crippen LogP contribution in [0.3, 0.4) is 0 Å². The third kappa shape index (κ3) is 3.34. The maximum atomic E-state index is 12.9. The van der Waals surface area contributed by atoms with Crippen molar-refractivity contribution >= 4 is 38.9 Å². The van der Waals surface area contributed by atoms with Crippen LogP contribution < -0.4 is 15.1 Å². The number of para-hydroxylation sites is 1. The van der Waals surface area contributed by atoms with Gasteiger partial charge in [0.25, 0.3) is 5.91 Å². The Kier molecular flexibility index (Phi) is 4.94. The molecule has 5 nitrogen and oxygen atoms in total. The Morgan fingerprint density at radius 2 is 1.58 bits per heavy atom. The van der Waals surface area contributed by atoms with Gasteiger partial charge in [0, 0.05) is 31.7 Å². The minimum Gasteiger partial charge on any atom is -0.444 e. The molecule has 4 rings (SSSR count). The van der Waals surface area contributed by atoms with Crippen LogP contribution >= 0.6 is 15.9 Å². The summed E-state index contributed by atoms with van der Waals surface area (Å²) in [6.07, 6.45) is 4.80. The number of carbonyl (C=O) groups excluding carboxylic acids is 1. The molecule has 1 aromatic heterocycles. The van der Waals surface area contributed by atoms with Crippen LogP contribution in [0.4, 0.5) is 17.1 Å². The van der Waals surface area contributed by atoms with Crippen molar-refractivity contribution in [2.24, 2.45) is 0 Å². The van der Waals surface area contributed by atoms with E-state index in [0.717, 1.165) is 48.8 Å². The van der Waals surface area contributed by atoms with Crippen molar-refractivity contribution in [2.75, 3.05) is 41.3 Å². The number of halogens is 1. The van der Waals surface area contributed by atoms with Gasteiger partial charge in [-0.05, 0) is 66.7 Å². The van der Waals surface area contributed by atoms with Crippen molar-refractivity contribution in [1.29, 1.82) is 0 Å². The van der Waals surface area contributed by atoms with E-state index >= 15 is 0 Å². The number of hydrogen-bond donors (Lipinski definition) is 1. The average Bonchev–Trinajstić information content (AvgIpc) is 3.36. The van der Waals surface area contributed by atoms with E-state index in [1.807, 2.05) is 13.0 Å². The van der Waals surface area contributed by atoms with Crippen LogP contribution in [-0.2, 0) is 0 Å². The van der Waals surface area contributed by atoms with E-state index < -0.39 is 0 Å². The van der Waals surface area contributed by atoms with Gasteiger partial charge < -0.3 is 19.5 Å². The van der Waals surface area contributed by atoms with Gasteiger partial charge in [0.1, 0.15) is 0 Å². The van der Waals surface area contributed by atoms with E-state index in [1.165, 1.54) is 25.7 Å². The highest BCUT2D eigenvalue weighted by Gasteiger charge is 2.25. The van der Waals surface area contributed by atoms with Crippen LogP contribution in [0, 0.1) is 6.92 Å². The summed E-state index contributed by atoms with van der Waals surface area (Å²) in [5.74, 6) is 0.167. The SMILES string of the molecule is Cc1cc(Br)oc1C(=O)Nc1c(N2CCCC2)cccc1N1CCCC1. The van der Waals surface area contributed by atoms with Crippen molar-refractivity contribution in [1.82, 2.24) is 0 Å². The Morgan fingerprint density at radius 1 is 1.04 bits per heavy atom. The molecule has 26 heavy (non-hydrogen) atoms. The fourth-order valence-electron chi connectivity index (χ4n) is 3.94. The molecule has 1 amide bonds. The predicted octanol–water partition coefficient (Wildman–Crippen LogP) is 4.80. The third-order valence-electron chi connectivity index (χ3n) is 5.25. The molecule has 0 radical (unpaired) electrons. The summed E-state index contributed by atoms with van der Waals surface area (Å²) in [5, 5.41) is 3.17. The normalized spacial score (nSPS) is 17.2. The molecule has 0 bridgehead atoms. The van der Waals surface area contributed by atoms with Crippen molar-refractivity contribution < 1.29 is 9.21 Å². The summed E-state index contributed by atoms with van der Waals surface area (Å²) in [6.45, 7) is 6.04. The zero-order valence-corrected chi connectivity index (χ0v) is 16.6. The van der Waals surface area contributed by atoms with E-state index in [1.54, 1.807) is 0 Å². The number of carbonyl (C=O) groups is 1. The molecule has 2 fully saturated rings. The Morgan fingerprint density at radius 3 is 2.04 bits per heavy atom. The van der Waals surface area contributed by atoms with Crippen molar-refractivity contribution in [3.05, 3.63) is 40.3 Å². The number of hydrogen-bond acceptors (Lipinski definition) is 4. The molecular formula is C20H24BrN3O2. The lowest BCUT2D eigenvalue weighted by Gasteiger charge is -2.27. The summed E-state index contributed by atoms with van der Waals surface area (Å²) in [5.41, 5.74) is 3.97. The molecule has 138 valence electrons. The number of benzene rings is 1. The molecule has 1 aromatic carbocycles. The van der Waals surface area contributed by atoms with Gasteiger partial charge >= 0.3 is 0 Å². The molecule has 2 saturated heterocycles. The zero-order chi connectivity index (χ0) is 18.1. The summed E-state index contributed by atoms with van der Waals surface area (Å²) < 4.78 is 6.13. The highest BCUT2D eigenvalue weighted by molar-refractivity contribution is 9.10. The Balaban J connectivity index is 1.71. The van der Waals surface area contributed by atoms with Gasteiger partial charge in [-0.2, -0.15) is 0 Å². The first-order chi connectivity index (χ1) is 12.6. The van der Waals surface area contributed by atoms with E-state index in [0.29, 0.717) is 10.4 Å². The first kappa shape index (κ1) is 17.5. The zero-order valence-electron chi connectivity index (χ0n) is 15.1. The Bertz CT molecular complexity index is 771. The third-order valence-corrected chi connectivity index (χ3v) is 5.64. The van der Waals surface area contributed by atoms with E-state index in [2.05, 4.69) is 49.2 Å². The van der Waals surface area contributed by atoms with Gasteiger partial charge in [-0.1, -0.05) is 6.07 Å². The maximum absolute atomic E-state index is 12.9. The van der Waals surface area contributed by atoms with Gasteiger partial charge in [0.05, 0.1) is 17.1 Å². The van der Waals surface area contributed by atoms with Crippen molar-refractivity contribution in [2.45, 2.75) is 32.6 Å². The largest absolute Gasteiger partial charge is 0.444 e. The van der Waals surface area contributed by atoms with Crippen LogP contribution in [0.5, 0.6) is 0 Å². The monoisotopic (exact) mass is 417 g/mol. The van der Waals surface area contributed by atoms with Crippen LogP contribution in [0.25, 0.3) is 0 Å². The molecule has 0 unspecified atom stereocenters. The van der Waals surface area contributed by atoms with E-state index in [-0.39, 0.29) is 5.91 Å². The lowest BCUT2D eigenvalue weighted by Crippen LogP contribution is -2.25. The number of anilines is 3. The highest BCUT2D eigenvalue weighted by Crippen LogP contribution is 2.39. The van der Waals surface area contributed by atoms with Crippen LogP contribution in [0.15, 0.2) is 33.4 Å². The number of aryl methyl sites for hydroxylation is 1. The topological polar surface area (TPSA) is 48.7 Å². The van der Waals surface area contributed by atoms with Gasteiger partial charge in [0.15, 0.2) is 10.4 Å². The van der Waals surface area contributed by atoms with Gasteiger partial charge in [-0.3, -0.25) is 4.79 Å². The number of nitrogens with zero attached hydrogens (tertiary/aromatic N) is 2. The Hall–Kier alpha value is -1.95. The second kappa shape index (κ2) is 7.35. The summed E-state index contributed by atoms with van der Waals surface area (Å²) in [4.78, 5) is 17.7. The van der Waals surface area contributed by atoms with Crippen LogP contribution in [0.1, 0.15) is 41.8 Å². The standard InChI is InChI=1S/C20H24BrN3O2/c1-14-13-17(21)26-19(14)20(25)22-18-15(23-9-2-3-10-23)7-6-8-16(18)24-11-4-5-12-24/h6-8,13H,2-5,9-12H2,1H3,(H,22,25).